The maximum absolute atomic E-state index is 11.0. The average molecular weight is 167 g/mol. The molecule has 4 nitrogen and oxygen atoms in total. The van der Waals surface area contributed by atoms with Gasteiger partial charge in [0.25, 0.3) is 5.56 Å². The number of H-pyrrole nitrogens is 1. The van der Waals surface area contributed by atoms with Gasteiger partial charge < -0.3 is 9.72 Å². The number of hydrogen-bond donors (Lipinski definition) is 1. The summed E-state index contributed by atoms with van der Waals surface area (Å²) in [4.78, 5) is 24.4. The molecule has 0 amide bonds. The number of nitrogens with one attached hydrogen (secondary N) is 1. The number of rotatable bonds is 2. The maximum Gasteiger partial charge on any atom is 0.343 e. The number of aromatic amines is 1. The van der Waals surface area contributed by atoms with Gasteiger partial charge in [0.05, 0.1) is 6.61 Å². The van der Waals surface area contributed by atoms with Crippen LogP contribution in [-0.4, -0.2) is 17.6 Å². The summed E-state index contributed by atoms with van der Waals surface area (Å²) in [7, 11) is 0. The van der Waals surface area contributed by atoms with Crippen molar-refractivity contribution in [1.82, 2.24) is 4.98 Å². The van der Waals surface area contributed by atoms with Gasteiger partial charge in [-0.15, -0.1) is 0 Å². The predicted octanol–water partition coefficient (Wildman–Crippen LogP) is 0.552. The van der Waals surface area contributed by atoms with Gasteiger partial charge in [0.1, 0.15) is 5.56 Å². The molecule has 0 fully saturated rings. The van der Waals surface area contributed by atoms with E-state index < -0.39 is 11.5 Å². The Morgan fingerprint density at radius 2 is 2.42 bits per heavy atom. The van der Waals surface area contributed by atoms with Crippen LogP contribution in [0, 0.1) is 0 Å². The van der Waals surface area contributed by atoms with Crippen LogP contribution in [0.1, 0.15) is 17.3 Å². The molecular weight excluding hydrogens is 158 g/mol. The summed E-state index contributed by atoms with van der Waals surface area (Å²) in [5.74, 6) is -0.584. The number of ether oxygens (including phenoxy) is 1. The Morgan fingerprint density at radius 3 is 3.00 bits per heavy atom. The van der Waals surface area contributed by atoms with Crippen LogP contribution in [0.2, 0.25) is 0 Å². The Bertz CT molecular complexity index is 329. The fraction of sp³-hybridized carbons (Fsp3) is 0.250. The van der Waals surface area contributed by atoms with Gasteiger partial charge in [-0.25, -0.2) is 4.79 Å². The number of pyridine rings is 1. The highest BCUT2D eigenvalue weighted by Gasteiger charge is 2.08. The molecule has 0 unspecified atom stereocenters. The van der Waals surface area contributed by atoms with Gasteiger partial charge >= 0.3 is 5.97 Å². The third-order valence-corrected chi connectivity index (χ3v) is 1.31. The number of hydrogen-bond acceptors (Lipinski definition) is 3. The van der Waals surface area contributed by atoms with Gasteiger partial charge in [-0.3, -0.25) is 4.79 Å². The molecule has 1 heterocycles. The quantitative estimate of drug-likeness (QED) is 0.654. The van der Waals surface area contributed by atoms with E-state index in [1.165, 1.54) is 12.3 Å². The van der Waals surface area contributed by atoms with Gasteiger partial charge in [-0.1, -0.05) is 0 Å². The summed E-state index contributed by atoms with van der Waals surface area (Å²) in [6.45, 7) is 1.96. The van der Waals surface area contributed by atoms with E-state index in [2.05, 4.69) is 9.72 Å². The van der Waals surface area contributed by atoms with Crippen molar-refractivity contribution in [1.29, 1.82) is 0 Å². The molecule has 0 aromatic carbocycles. The molecule has 0 atom stereocenters. The SMILES string of the molecule is CCOC(=O)c1ccc[nH]c1=O. The number of aromatic nitrogens is 1. The molecule has 12 heavy (non-hydrogen) atoms. The zero-order valence-electron chi connectivity index (χ0n) is 6.66. The lowest BCUT2D eigenvalue weighted by molar-refractivity contribution is 0.0524. The van der Waals surface area contributed by atoms with Gasteiger partial charge in [0, 0.05) is 6.20 Å². The molecule has 1 N–H and O–H groups in total. The van der Waals surface area contributed by atoms with E-state index in [4.69, 9.17) is 0 Å². The lowest BCUT2D eigenvalue weighted by Crippen LogP contribution is -2.18. The molecular formula is C8H9NO3. The molecule has 64 valence electrons. The zero-order valence-corrected chi connectivity index (χ0v) is 6.66. The van der Waals surface area contributed by atoms with Gasteiger partial charge in [0.2, 0.25) is 0 Å². The van der Waals surface area contributed by atoms with Crippen LogP contribution in [0.5, 0.6) is 0 Å². The minimum atomic E-state index is -0.584. The monoisotopic (exact) mass is 167 g/mol. The molecule has 0 saturated carbocycles. The van der Waals surface area contributed by atoms with Crippen LogP contribution >= 0.6 is 0 Å². The second-order valence-electron chi connectivity index (χ2n) is 2.13. The molecule has 1 rings (SSSR count). The first-order valence-electron chi connectivity index (χ1n) is 3.60. The largest absolute Gasteiger partial charge is 0.462 e. The van der Waals surface area contributed by atoms with Crippen molar-refractivity contribution in [2.75, 3.05) is 6.61 Å². The highest BCUT2D eigenvalue weighted by molar-refractivity contribution is 5.88. The lowest BCUT2D eigenvalue weighted by Gasteiger charge is -1.98. The van der Waals surface area contributed by atoms with Gasteiger partial charge in [-0.05, 0) is 19.1 Å². The van der Waals surface area contributed by atoms with Gasteiger partial charge in [0.15, 0.2) is 0 Å². The number of carbonyl (C=O) groups excluding carboxylic acids is 1. The van der Waals surface area contributed by atoms with Crippen molar-refractivity contribution >= 4 is 5.97 Å². The van der Waals surface area contributed by atoms with E-state index in [1.54, 1.807) is 13.0 Å². The van der Waals surface area contributed by atoms with Gasteiger partial charge in [-0.2, -0.15) is 0 Å². The lowest BCUT2D eigenvalue weighted by atomic mass is 10.3. The molecule has 0 aliphatic heterocycles. The maximum atomic E-state index is 11.0. The van der Waals surface area contributed by atoms with Crippen LogP contribution in [-0.2, 0) is 4.74 Å². The summed E-state index contributed by atoms with van der Waals surface area (Å²) in [5.41, 5.74) is -0.379. The third kappa shape index (κ3) is 1.72. The second-order valence-corrected chi connectivity index (χ2v) is 2.13. The Balaban J connectivity index is 2.95. The summed E-state index contributed by atoms with van der Waals surface area (Å²) >= 11 is 0. The van der Waals surface area contributed by atoms with Crippen LogP contribution in [0.15, 0.2) is 23.1 Å². The van der Waals surface area contributed by atoms with Crippen molar-refractivity contribution in [3.63, 3.8) is 0 Å². The fourth-order valence-electron chi connectivity index (χ4n) is 0.791. The molecule has 1 aromatic rings. The van der Waals surface area contributed by atoms with E-state index in [9.17, 15) is 9.59 Å². The van der Waals surface area contributed by atoms with Crippen molar-refractivity contribution < 1.29 is 9.53 Å². The minimum Gasteiger partial charge on any atom is -0.462 e. The smallest absolute Gasteiger partial charge is 0.343 e. The minimum absolute atomic E-state index is 0.0411. The first-order valence-corrected chi connectivity index (χ1v) is 3.60. The van der Waals surface area contributed by atoms with Crippen LogP contribution < -0.4 is 5.56 Å². The Kier molecular flexibility index (Phi) is 2.63. The van der Waals surface area contributed by atoms with Crippen molar-refractivity contribution in [2.24, 2.45) is 0 Å². The zero-order chi connectivity index (χ0) is 8.97. The Morgan fingerprint density at radius 1 is 1.67 bits per heavy atom. The van der Waals surface area contributed by atoms with Crippen LogP contribution in [0.3, 0.4) is 0 Å². The van der Waals surface area contributed by atoms with Crippen molar-refractivity contribution in [2.45, 2.75) is 6.92 Å². The topological polar surface area (TPSA) is 59.2 Å². The average Bonchev–Trinajstić information content (AvgIpc) is 2.05. The molecule has 1 aromatic heterocycles. The molecule has 0 spiro atoms. The predicted molar refractivity (Wildman–Crippen MR) is 43.0 cm³/mol. The molecule has 4 heteroatoms. The highest BCUT2D eigenvalue weighted by atomic mass is 16.5. The standard InChI is InChI=1S/C8H9NO3/c1-2-12-8(11)6-4-3-5-9-7(6)10/h3-5H,2H2,1H3,(H,9,10). The highest BCUT2D eigenvalue weighted by Crippen LogP contribution is 1.92. The van der Waals surface area contributed by atoms with E-state index >= 15 is 0 Å². The normalized spacial score (nSPS) is 9.42. The Labute approximate surface area is 69.2 Å². The molecule has 0 aliphatic rings. The number of carbonyl (C=O) groups is 1. The fourth-order valence-corrected chi connectivity index (χ4v) is 0.791. The molecule has 0 saturated heterocycles. The first kappa shape index (κ1) is 8.52. The van der Waals surface area contributed by atoms with Crippen molar-refractivity contribution in [3.8, 4) is 0 Å². The molecule has 0 radical (unpaired) electrons. The first-order chi connectivity index (χ1) is 5.75. The number of esters is 1. The van der Waals surface area contributed by atoms with E-state index in [0.29, 0.717) is 0 Å². The Hall–Kier alpha value is -1.58. The summed E-state index contributed by atoms with van der Waals surface area (Å²) in [5, 5.41) is 0. The summed E-state index contributed by atoms with van der Waals surface area (Å²) in [6.07, 6.45) is 1.46. The van der Waals surface area contributed by atoms with Crippen LogP contribution in [0.25, 0.3) is 0 Å². The molecule has 0 bridgehead atoms. The van der Waals surface area contributed by atoms with E-state index in [0.717, 1.165) is 0 Å². The van der Waals surface area contributed by atoms with Crippen LogP contribution in [0.4, 0.5) is 0 Å². The summed E-state index contributed by atoms with van der Waals surface area (Å²) in [6, 6.07) is 3.00. The molecule has 0 aliphatic carbocycles. The van der Waals surface area contributed by atoms with E-state index in [1.807, 2.05) is 0 Å². The third-order valence-electron chi connectivity index (χ3n) is 1.31. The van der Waals surface area contributed by atoms with E-state index in [-0.39, 0.29) is 12.2 Å². The second kappa shape index (κ2) is 3.71. The summed E-state index contributed by atoms with van der Waals surface area (Å²) < 4.78 is 4.65. The van der Waals surface area contributed by atoms with Crippen molar-refractivity contribution in [3.05, 3.63) is 34.2 Å².